The molecule has 2 heterocycles. The van der Waals surface area contributed by atoms with Crippen molar-refractivity contribution in [3.8, 4) is 11.3 Å². The summed E-state index contributed by atoms with van der Waals surface area (Å²) in [4.78, 5) is 16.4. The smallest absolute Gasteiger partial charge is 0.272 e. The zero-order chi connectivity index (χ0) is 13.6. The Kier molecular flexibility index (Phi) is 2.52. The van der Waals surface area contributed by atoms with Gasteiger partial charge in [0.25, 0.3) is 5.56 Å². The standard InChI is InChI=1S/C15H15N3O/c1-9-4-6-12(7-5-9)14-11(3)15-16-10(2)8-13(19)18(15)17-14/h4-8,17H,1-3H3. The Morgan fingerprint density at radius 1 is 1.11 bits per heavy atom. The van der Waals surface area contributed by atoms with Crippen LogP contribution in [-0.2, 0) is 0 Å². The molecule has 1 aromatic carbocycles. The topological polar surface area (TPSA) is 50.2 Å². The third-order valence-corrected chi connectivity index (χ3v) is 3.32. The van der Waals surface area contributed by atoms with Crippen molar-refractivity contribution in [1.82, 2.24) is 14.6 Å². The quantitative estimate of drug-likeness (QED) is 0.724. The van der Waals surface area contributed by atoms with Crippen molar-refractivity contribution >= 4 is 5.65 Å². The first-order valence-electron chi connectivity index (χ1n) is 6.22. The van der Waals surface area contributed by atoms with Crippen LogP contribution in [-0.4, -0.2) is 14.6 Å². The fraction of sp³-hybridized carbons (Fsp3) is 0.200. The molecule has 0 aliphatic carbocycles. The van der Waals surface area contributed by atoms with Crippen LogP contribution in [0.3, 0.4) is 0 Å². The van der Waals surface area contributed by atoms with Crippen LogP contribution in [0.2, 0.25) is 0 Å². The van der Waals surface area contributed by atoms with Crippen LogP contribution in [0.4, 0.5) is 0 Å². The molecule has 0 radical (unpaired) electrons. The molecule has 0 saturated carbocycles. The van der Waals surface area contributed by atoms with E-state index in [1.54, 1.807) is 0 Å². The van der Waals surface area contributed by atoms with Gasteiger partial charge in [-0.05, 0) is 26.3 Å². The number of rotatable bonds is 1. The fourth-order valence-electron chi connectivity index (χ4n) is 2.27. The molecule has 1 N–H and O–H groups in total. The van der Waals surface area contributed by atoms with Crippen LogP contribution in [0.15, 0.2) is 35.1 Å². The summed E-state index contributed by atoms with van der Waals surface area (Å²) in [5.74, 6) is 0. The zero-order valence-electron chi connectivity index (χ0n) is 11.2. The van der Waals surface area contributed by atoms with Gasteiger partial charge in [0, 0.05) is 17.3 Å². The molecule has 3 rings (SSSR count). The average molecular weight is 253 g/mol. The number of H-pyrrole nitrogens is 1. The van der Waals surface area contributed by atoms with Crippen LogP contribution >= 0.6 is 0 Å². The molecule has 0 fully saturated rings. The summed E-state index contributed by atoms with van der Waals surface area (Å²) in [6.07, 6.45) is 0. The third-order valence-electron chi connectivity index (χ3n) is 3.32. The van der Waals surface area contributed by atoms with Crippen molar-refractivity contribution in [2.24, 2.45) is 0 Å². The molecule has 4 nitrogen and oxygen atoms in total. The highest BCUT2D eigenvalue weighted by Gasteiger charge is 2.12. The van der Waals surface area contributed by atoms with Crippen molar-refractivity contribution in [2.45, 2.75) is 20.8 Å². The van der Waals surface area contributed by atoms with Crippen molar-refractivity contribution in [2.75, 3.05) is 0 Å². The second kappa shape index (κ2) is 4.09. The van der Waals surface area contributed by atoms with Crippen molar-refractivity contribution in [3.63, 3.8) is 0 Å². The van der Waals surface area contributed by atoms with Crippen LogP contribution in [0.5, 0.6) is 0 Å². The first-order chi connectivity index (χ1) is 9.06. The minimum absolute atomic E-state index is 0.0797. The molecule has 3 aromatic rings. The highest BCUT2D eigenvalue weighted by atomic mass is 16.1. The summed E-state index contributed by atoms with van der Waals surface area (Å²) in [7, 11) is 0. The van der Waals surface area contributed by atoms with Gasteiger partial charge in [0.05, 0.1) is 5.69 Å². The molecule has 0 aliphatic rings. The lowest BCUT2D eigenvalue weighted by Gasteiger charge is -1.99. The van der Waals surface area contributed by atoms with Gasteiger partial charge < -0.3 is 0 Å². The molecule has 0 bridgehead atoms. The molecule has 2 aromatic heterocycles. The zero-order valence-corrected chi connectivity index (χ0v) is 11.2. The Labute approximate surface area is 110 Å². The molecule has 0 aliphatic heterocycles. The first kappa shape index (κ1) is 11.7. The molecule has 0 unspecified atom stereocenters. The van der Waals surface area contributed by atoms with E-state index in [1.807, 2.05) is 26.0 Å². The van der Waals surface area contributed by atoms with E-state index in [2.05, 4.69) is 29.1 Å². The molecule has 0 saturated heterocycles. The van der Waals surface area contributed by atoms with Gasteiger partial charge in [0.2, 0.25) is 0 Å². The van der Waals surface area contributed by atoms with Gasteiger partial charge in [-0.3, -0.25) is 9.89 Å². The van der Waals surface area contributed by atoms with E-state index < -0.39 is 0 Å². The van der Waals surface area contributed by atoms with Crippen molar-refractivity contribution in [1.29, 1.82) is 0 Å². The maximum absolute atomic E-state index is 11.9. The minimum atomic E-state index is -0.0797. The summed E-state index contributed by atoms with van der Waals surface area (Å²) < 4.78 is 1.50. The van der Waals surface area contributed by atoms with Crippen molar-refractivity contribution in [3.05, 3.63) is 57.5 Å². The Bertz CT molecular complexity index is 810. The SMILES string of the molecule is Cc1ccc(-c2[nH]n3c(=O)cc(C)nc3c2C)cc1. The lowest BCUT2D eigenvalue weighted by atomic mass is 10.1. The molecule has 19 heavy (non-hydrogen) atoms. The van der Waals surface area contributed by atoms with E-state index in [0.29, 0.717) is 5.65 Å². The van der Waals surface area contributed by atoms with E-state index in [0.717, 1.165) is 22.5 Å². The van der Waals surface area contributed by atoms with Crippen LogP contribution in [0.25, 0.3) is 16.9 Å². The lowest BCUT2D eigenvalue weighted by Crippen LogP contribution is -2.14. The molecule has 4 heteroatoms. The van der Waals surface area contributed by atoms with Gasteiger partial charge in [0.15, 0.2) is 5.65 Å². The minimum Gasteiger partial charge on any atom is -0.289 e. The number of aromatic amines is 1. The average Bonchev–Trinajstić information content (AvgIpc) is 2.69. The monoisotopic (exact) mass is 253 g/mol. The normalized spacial score (nSPS) is 11.1. The number of nitrogens with zero attached hydrogens (tertiary/aromatic N) is 2. The number of aryl methyl sites for hydroxylation is 3. The van der Waals surface area contributed by atoms with E-state index in [4.69, 9.17) is 0 Å². The predicted molar refractivity (Wildman–Crippen MR) is 75.5 cm³/mol. The van der Waals surface area contributed by atoms with Gasteiger partial charge in [0.1, 0.15) is 0 Å². The summed E-state index contributed by atoms with van der Waals surface area (Å²) in [5.41, 5.74) is 5.56. The van der Waals surface area contributed by atoms with Crippen LogP contribution in [0, 0.1) is 20.8 Å². The Balaban J connectivity index is 2.31. The van der Waals surface area contributed by atoms with Crippen molar-refractivity contribution < 1.29 is 0 Å². The number of hydrogen-bond donors (Lipinski definition) is 1. The third kappa shape index (κ3) is 1.85. The Morgan fingerprint density at radius 3 is 2.47 bits per heavy atom. The van der Waals surface area contributed by atoms with Gasteiger partial charge in [-0.25, -0.2) is 9.50 Å². The lowest BCUT2D eigenvalue weighted by molar-refractivity contribution is 0.893. The van der Waals surface area contributed by atoms with Gasteiger partial charge in [-0.15, -0.1) is 0 Å². The predicted octanol–water partition coefficient (Wildman–Crippen LogP) is 2.61. The van der Waals surface area contributed by atoms with Crippen LogP contribution < -0.4 is 5.56 Å². The highest BCUT2D eigenvalue weighted by Crippen LogP contribution is 2.24. The number of hydrogen-bond acceptors (Lipinski definition) is 2. The molecular weight excluding hydrogens is 238 g/mol. The molecular formula is C15H15N3O. The molecule has 0 amide bonds. The molecule has 96 valence electrons. The van der Waals surface area contributed by atoms with Gasteiger partial charge in [-0.2, -0.15) is 0 Å². The second-order valence-corrected chi connectivity index (χ2v) is 4.87. The highest BCUT2D eigenvalue weighted by molar-refractivity contribution is 5.70. The molecule has 0 spiro atoms. The van der Waals surface area contributed by atoms with E-state index >= 15 is 0 Å². The summed E-state index contributed by atoms with van der Waals surface area (Å²) in [6, 6.07) is 9.74. The number of benzene rings is 1. The van der Waals surface area contributed by atoms with E-state index in [-0.39, 0.29) is 5.56 Å². The van der Waals surface area contributed by atoms with Crippen LogP contribution in [0.1, 0.15) is 16.8 Å². The first-order valence-corrected chi connectivity index (χ1v) is 6.22. The van der Waals surface area contributed by atoms with Gasteiger partial charge in [-0.1, -0.05) is 29.8 Å². The maximum Gasteiger partial charge on any atom is 0.272 e. The fourth-order valence-corrected chi connectivity index (χ4v) is 2.27. The Hall–Kier alpha value is -2.36. The number of nitrogens with one attached hydrogen (secondary N) is 1. The number of fused-ring (bicyclic) bond motifs is 1. The maximum atomic E-state index is 11.9. The molecule has 0 atom stereocenters. The van der Waals surface area contributed by atoms with E-state index in [9.17, 15) is 4.79 Å². The second-order valence-electron chi connectivity index (χ2n) is 4.87. The number of aromatic nitrogens is 3. The largest absolute Gasteiger partial charge is 0.289 e. The summed E-state index contributed by atoms with van der Waals surface area (Å²) in [5, 5.41) is 3.14. The van der Waals surface area contributed by atoms with Gasteiger partial charge >= 0.3 is 0 Å². The summed E-state index contributed by atoms with van der Waals surface area (Å²) >= 11 is 0. The summed E-state index contributed by atoms with van der Waals surface area (Å²) in [6.45, 7) is 5.86. The Morgan fingerprint density at radius 2 is 1.79 bits per heavy atom. The van der Waals surface area contributed by atoms with E-state index in [1.165, 1.54) is 16.1 Å².